The second kappa shape index (κ2) is 7.41. The third-order valence-corrected chi connectivity index (χ3v) is 4.60. The Kier molecular flexibility index (Phi) is 4.83. The van der Waals surface area contributed by atoms with E-state index in [1.807, 2.05) is 30.3 Å². The molecular formula is C19H19NO6. The quantitative estimate of drug-likeness (QED) is 0.584. The molecule has 2 fully saturated rings. The van der Waals surface area contributed by atoms with Gasteiger partial charge in [-0.3, -0.25) is 10.1 Å². The predicted octanol–water partition coefficient (Wildman–Crippen LogP) is 2.73. The van der Waals surface area contributed by atoms with Gasteiger partial charge >= 0.3 is 0 Å². The molecule has 2 aliphatic rings. The molecule has 0 saturated carbocycles. The van der Waals surface area contributed by atoms with Crippen LogP contribution in [0.1, 0.15) is 5.56 Å². The Hall–Kier alpha value is -2.48. The van der Waals surface area contributed by atoms with Crippen LogP contribution in [0.5, 0.6) is 5.75 Å². The van der Waals surface area contributed by atoms with Gasteiger partial charge in [-0.05, 0) is 17.7 Å². The van der Waals surface area contributed by atoms with Crippen molar-refractivity contribution in [3.05, 3.63) is 70.3 Å². The fourth-order valence-corrected chi connectivity index (χ4v) is 3.27. The summed E-state index contributed by atoms with van der Waals surface area (Å²) < 4.78 is 23.6. The van der Waals surface area contributed by atoms with Gasteiger partial charge in [0.2, 0.25) is 0 Å². The molecule has 2 saturated heterocycles. The largest absolute Gasteiger partial charge is 0.485 e. The zero-order chi connectivity index (χ0) is 17.9. The van der Waals surface area contributed by atoms with Crippen LogP contribution in [0, 0.1) is 10.1 Å². The first kappa shape index (κ1) is 17.0. The van der Waals surface area contributed by atoms with Gasteiger partial charge in [-0.15, -0.1) is 0 Å². The van der Waals surface area contributed by atoms with Crippen LogP contribution in [0.2, 0.25) is 0 Å². The van der Waals surface area contributed by atoms with Crippen molar-refractivity contribution in [2.45, 2.75) is 31.0 Å². The molecule has 2 aromatic carbocycles. The molecule has 136 valence electrons. The van der Waals surface area contributed by atoms with E-state index < -0.39 is 4.92 Å². The Bertz CT molecular complexity index is 750. The van der Waals surface area contributed by atoms with E-state index in [9.17, 15) is 10.1 Å². The highest BCUT2D eigenvalue weighted by Gasteiger charge is 2.49. The second-order valence-corrected chi connectivity index (χ2v) is 6.34. The molecule has 0 aromatic heterocycles. The lowest BCUT2D eigenvalue weighted by Gasteiger charge is -2.18. The van der Waals surface area contributed by atoms with Crippen molar-refractivity contribution in [1.82, 2.24) is 0 Å². The van der Waals surface area contributed by atoms with Gasteiger partial charge in [0, 0.05) is 12.1 Å². The first-order chi connectivity index (χ1) is 12.7. The maximum Gasteiger partial charge on any atom is 0.269 e. The van der Waals surface area contributed by atoms with Gasteiger partial charge in [-0.1, -0.05) is 30.3 Å². The van der Waals surface area contributed by atoms with Crippen LogP contribution >= 0.6 is 0 Å². The lowest BCUT2D eigenvalue weighted by atomic mass is 10.1. The van der Waals surface area contributed by atoms with Crippen LogP contribution in [0.3, 0.4) is 0 Å². The molecule has 0 N–H and O–H groups in total. The number of nitro groups is 1. The number of hydrogen-bond donors (Lipinski definition) is 0. The topological polar surface area (TPSA) is 80.1 Å². The minimum Gasteiger partial charge on any atom is -0.485 e. The van der Waals surface area contributed by atoms with E-state index in [1.165, 1.54) is 12.1 Å². The number of benzene rings is 2. The molecule has 4 atom stereocenters. The maximum atomic E-state index is 10.7. The third kappa shape index (κ3) is 3.55. The van der Waals surface area contributed by atoms with E-state index in [2.05, 4.69) is 0 Å². The number of hydrogen-bond acceptors (Lipinski definition) is 6. The molecule has 0 amide bonds. The summed E-state index contributed by atoms with van der Waals surface area (Å²) in [5, 5.41) is 10.7. The van der Waals surface area contributed by atoms with Crippen molar-refractivity contribution in [1.29, 1.82) is 0 Å². The smallest absolute Gasteiger partial charge is 0.269 e. The van der Waals surface area contributed by atoms with Gasteiger partial charge in [-0.25, -0.2) is 0 Å². The average Bonchev–Trinajstić information content (AvgIpc) is 3.24. The first-order valence-corrected chi connectivity index (χ1v) is 8.50. The minimum atomic E-state index is -0.437. The summed E-state index contributed by atoms with van der Waals surface area (Å²) in [4.78, 5) is 10.3. The van der Waals surface area contributed by atoms with Crippen LogP contribution in [0.15, 0.2) is 54.6 Å². The summed E-state index contributed by atoms with van der Waals surface area (Å²) in [5.41, 5.74) is 1.14. The number of fused-ring (bicyclic) bond motifs is 1. The lowest BCUT2D eigenvalue weighted by Crippen LogP contribution is -2.35. The molecule has 1 unspecified atom stereocenters. The zero-order valence-corrected chi connectivity index (χ0v) is 14.0. The Labute approximate surface area is 150 Å². The fraction of sp³-hybridized carbons (Fsp3) is 0.368. The summed E-state index contributed by atoms with van der Waals surface area (Å²) in [6.45, 7) is 1.37. The Morgan fingerprint density at radius 1 is 0.962 bits per heavy atom. The van der Waals surface area contributed by atoms with Crippen molar-refractivity contribution in [2.75, 3.05) is 13.2 Å². The van der Waals surface area contributed by atoms with E-state index in [-0.39, 0.29) is 30.1 Å². The summed E-state index contributed by atoms with van der Waals surface area (Å²) in [6, 6.07) is 16.0. The lowest BCUT2D eigenvalue weighted by molar-refractivity contribution is -0.384. The van der Waals surface area contributed by atoms with Gasteiger partial charge in [-0.2, -0.15) is 0 Å². The number of non-ortho nitro benzene ring substituents is 1. The number of rotatable bonds is 6. The van der Waals surface area contributed by atoms with Crippen LogP contribution in [-0.4, -0.2) is 42.6 Å². The fourth-order valence-electron chi connectivity index (χ4n) is 3.27. The molecule has 0 spiro atoms. The molecule has 2 aromatic rings. The predicted molar refractivity (Wildman–Crippen MR) is 92.0 cm³/mol. The molecule has 2 aliphatic heterocycles. The molecule has 26 heavy (non-hydrogen) atoms. The molecule has 0 radical (unpaired) electrons. The molecular weight excluding hydrogens is 338 g/mol. The van der Waals surface area contributed by atoms with Crippen LogP contribution < -0.4 is 4.74 Å². The maximum absolute atomic E-state index is 10.7. The third-order valence-electron chi connectivity index (χ3n) is 4.60. The second-order valence-electron chi connectivity index (χ2n) is 6.34. The van der Waals surface area contributed by atoms with Gasteiger partial charge < -0.3 is 18.9 Å². The Balaban J connectivity index is 1.33. The summed E-state index contributed by atoms with van der Waals surface area (Å²) in [7, 11) is 0. The SMILES string of the molecule is O=[N+]([O-])c1ccc(OC2CO[C@@H]3[C@@H](OCc4ccccc4)CO[C@H]23)cc1. The number of ether oxygens (including phenoxy) is 4. The van der Waals surface area contributed by atoms with Gasteiger partial charge in [0.1, 0.15) is 24.1 Å². The van der Waals surface area contributed by atoms with Crippen molar-refractivity contribution < 1.29 is 23.9 Å². The van der Waals surface area contributed by atoms with E-state index in [4.69, 9.17) is 18.9 Å². The average molecular weight is 357 g/mol. The highest BCUT2D eigenvalue weighted by molar-refractivity contribution is 5.36. The van der Waals surface area contributed by atoms with Gasteiger partial charge in [0.05, 0.1) is 24.7 Å². The van der Waals surface area contributed by atoms with E-state index in [1.54, 1.807) is 12.1 Å². The van der Waals surface area contributed by atoms with Gasteiger partial charge in [0.15, 0.2) is 6.10 Å². The van der Waals surface area contributed by atoms with Crippen molar-refractivity contribution in [3.8, 4) is 5.75 Å². The van der Waals surface area contributed by atoms with Crippen LogP contribution in [0.4, 0.5) is 5.69 Å². The first-order valence-electron chi connectivity index (χ1n) is 8.50. The normalized spacial score (nSPS) is 27.2. The number of nitrogens with zero attached hydrogens (tertiary/aromatic N) is 1. The molecule has 4 rings (SSSR count). The summed E-state index contributed by atoms with van der Waals surface area (Å²) >= 11 is 0. The Morgan fingerprint density at radius 3 is 2.31 bits per heavy atom. The number of nitro benzene ring substituents is 1. The van der Waals surface area contributed by atoms with Crippen molar-refractivity contribution in [2.24, 2.45) is 0 Å². The zero-order valence-electron chi connectivity index (χ0n) is 14.0. The molecule has 7 nitrogen and oxygen atoms in total. The van der Waals surface area contributed by atoms with E-state index in [0.29, 0.717) is 25.6 Å². The highest BCUT2D eigenvalue weighted by Crippen LogP contribution is 2.32. The van der Waals surface area contributed by atoms with Gasteiger partial charge in [0.25, 0.3) is 5.69 Å². The Morgan fingerprint density at radius 2 is 1.62 bits per heavy atom. The highest BCUT2D eigenvalue weighted by atomic mass is 16.6. The molecule has 2 heterocycles. The summed E-state index contributed by atoms with van der Waals surface area (Å²) in [6.07, 6.45) is -0.759. The molecule has 7 heteroatoms. The standard InChI is InChI=1S/C19H19NO6/c21-20(22)14-6-8-15(9-7-14)26-17-12-25-18-16(11-24-19(17)18)23-10-13-4-2-1-3-5-13/h1-9,16-19H,10-12H2/t16-,17?,18+,19+/m0/s1. The minimum absolute atomic E-state index is 0.0318. The molecule has 0 bridgehead atoms. The monoisotopic (exact) mass is 357 g/mol. The molecule has 0 aliphatic carbocycles. The van der Waals surface area contributed by atoms with Crippen molar-refractivity contribution >= 4 is 5.69 Å². The van der Waals surface area contributed by atoms with Crippen molar-refractivity contribution in [3.63, 3.8) is 0 Å². The van der Waals surface area contributed by atoms with E-state index in [0.717, 1.165) is 5.56 Å². The van der Waals surface area contributed by atoms with Crippen LogP contribution in [-0.2, 0) is 20.8 Å². The summed E-state index contributed by atoms with van der Waals surface area (Å²) in [5.74, 6) is 0.558. The van der Waals surface area contributed by atoms with Crippen LogP contribution in [0.25, 0.3) is 0 Å². The van der Waals surface area contributed by atoms with E-state index >= 15 is 0 Å².